The normalized spacial score (nSPS) is 15.0. The smallest absolute Gasteiger partial charge is 0.231 e. The molecule has 9 heteroatoms. The molecular weight excluding hydrogens is 370 g/mol. The minimum Gasteiger partial charge on any atom is -0.383 e. The lowest BCUT2D eigenvalue weighted by Crippen LogP contribution is -2.30. The van der Waals surface area contributed by atoms with Crippen LogP contribution in [0.2, 0.25) is 0 Å². The zero-order chi connectivity index (χ0) is 19.8. The first-order chi connectivity index (χ1) is 14.2. The topological polar surface area (TPSA) is 125 Å². The van der Waals surface area contributed by atoms with Crippen molar-refractivity contribution >= 4 is 22.6 Å². The van der Waals surface area contributed by atoms with Crippen molar-refractivity contribution in [1.29, 1.82) is 0 Å². The van der Waals surface area contributed by atoms with E-state index in [1.54, 1.807) is 18.2 Å². The van der Waals surface area contributed by atoms with Crippen molar-refractivity contribution in [3.8, 4) is 11.3 Å². The molecule has 4 heterocycles. The van der Waals surface area contributed by atoms with Gasteiger partial charge in [0.2, 0.25) is 11.5 Å². The number of fused-ring (bicyclic) bond motifs is 1. The number of carbonyl (C=O) groups is 1. The predicted octanol–water partition coefficient (Wildman–Crippen LogP) is 2.22. The lowest BCUT2D eigenvalue weighted by Gasteiger charge is -2.23. The third-order valence-electron chi connectivity index (χ3n) is 5.25. The highest BCUT2D eigenvalue weighted by Crippen LogP contribution is 2.33. The Morgan fingerprint density at radius 1 is 1.14 bits per heavy atom. The summed E-state index contributed by atoms with van der Waals surface area (Å²) >= 11 is 0. The van der Waals surface area contributed by atoms with Crippen LogP contribution in [0.5, 0.6) is 0 Å². The van der Waals surface area contributed by atoms with Gasteiger partial charge in [0.1, 0.15) is 17.8 Å². The third-order valence-corrected chi connectivity index (χ3v) is 5.25. The molecule has 1 aliphatic heterocycles. The number of carbonyl (C=O) groups excluding carboxylic acids is 1. The van der Waals surface area contributed by atoms with Gasteiger partial charge in [0.15, 0.2) is 5.65 Å². The van der Waals surface area contributed by atoms with Gasteiger partial charge in [0.25, 0.3) is 0 Å². The summed E-state index contributed by atoms with van der Waals surface area (Å²) in [5.41, 5.74) is 9.00. The Kier molecular flexibility index (Phi) is 4.28. The van der Waals surface area contributed by atoms with Crippen LogP contribution in [0.3, 0.4) is 0 Å². The zero-order valence-corrected chi connectivity index (χ0v) is 15.6. The van der Waals surface area contributed by atoms with E-state index in [1.807, 2.05) is 16.8 Å². The first kappa shape index (κ1) is 17.5. The third kappa shape index (κ3) is 3.05. The van der Waals surface area contributed by atoms with Crippen molar-refractivity contribution in [2.45, 2.75) is 18.9 Å². The molecule has 0 atom stereocenters. The molecule has 0 aliphatic carbocycles. The zero-order valence-electron chi connectivity index (χ0n) is 15.6. The number of nitrogens with zero attached hydrogens (tertiary/aromatic N) is 5. The molecule has 1 aromatic carbocycles. The van der Waals surface area contributed by atoms with Gasteiger partial charge in [-0.2, -0.15) is 5.10 Å². The van der Waals surface area contributed by atoms with E-state index in [0.29, 0.717) is 11.4 Å². The Balaban J connectivity index is 1.57. The number of nitrogen functional groups attached to an aromatic ring is 1. The fourth-order valence-electron chi connectivity index (χ4n) is 3.76. The first-order valence-electron chi connectivity index (χ1n) is 9.47. The second-order valence-corrected chi connectivity index (χ2v) is 7.02. The number of piperidine rings is 1. The number of nitrogens with one attached hydrogen (secondary N) is 1. The van der Waals surface area contributed by atoms with Crippen LogP contribution < -0.4 is 11.1 Å². The van der Waals surface area contributed by atoms with Crippen molar-refractivity contribution in [3.05, 3.63) is 54.2 Å². The molecule has 3 N–H and O–H groups in total. The van der Waals surface area contributed by atoms with Gasteiger partial charge in [0, 0.05) is 17.2 Å². The number of hydrogen-bond donors (Lipinski definition) is 2. The quantitative estimate of drug-likeness (QED) is 0.509. The number of nitrogens with two attached hydrogens (primary N) is 1. The summed E-state index contributed by atoms with van der Waals surface area (Å²) in [6, 6.07) is 9.00. The summed E-state index contributed by atoms with van der Waals surface area (Å²) in [6.45, 7) is 1.89. The Bertz CT molecular complexity index is 1160. The maximum atomic E-state index is 12.4. The number of anilines is 1. The van der Waals surface area contributed by atoms with Gasteiger partial charge in [-0.25, -0.2) is 14.6 Å². The minimum atomic E-state index is -0.220. The van der Waals surface area contributed by atoms with Crippen molar-refractivity contribution < 1.29 is 9.32 Å². The standard InChI is InChI=1S/C20H19N7O2/c21-19-16-17(12-1-3-13(4-2-12)18(28)15-7-10-25-29-15)26-27(20(16)24-11-23-19)14-5-8-22-9-6-14/h1-4,7,10-11,14,22H,5-6,8-9H2,(H2,21,23,24). The van der Waals surface area contributed by atoms with E-state index in [-0.39, 0.29) is 17.6 Å². The van der Waals surface area contributed by atoms with Crippen LogP contribution in [-0.2, 0) is 0 Å². The largest absolute Gasteiger partial charge is 0.383 e. The predicted molar refractivity (Wildman–Crippen MR) is 106 cm³/mol. The molecule has 0 saturated carbocycles. The van der Waals surface area contributed by atoms with Crippen molar-refractivity contribution in [3.63, 3.8) is 0 Å². The van der Waals surface area contributed by atoms with Gasteiger partial charge < -0.3 is 15.6 Å². The molecule has 9 nitrogen and oxygen atoms in total. The van der Waals surface area contributed by atoms with Gasteiger partial charge in [-0.3, -0.25) is 4.79 Å². The molecule has 5 rings (SSSR count). The first-order valence-corrected chi connectivity index (χ1v) is 9.47. The maximum Gasteiger partial charge on any atom is 0.231 e. The summed E-state index contributed by atoms with van der Waals surface area (Å²) in [7, 11) is 0. The van der Waals surface area contributed by atoms with E-state index in [0.717, 1.165) is 48.2 Å². The van der Waals surface area contributed by atoms with Gasteiger partial charge in [0.05, 0.1) is 17.6 Å². The SMILES string of the molecule is Nc1ncnc2c1c(-c1ccc(C(=O)c3ccno3)cc1)nn2C1CCNCC1. The summed E-state index contributed by atoms with van der Waals surface area (Å²) in [5.74, 6) is 0.380. The van der Waals surface area contributed by atoms with Crippen LogP contribution in [0.25, 0.3) is 22.3 Å². The van der Waals surface area contributed by atoms with Gasteiger partial charge in [-0.15, -0.1) is 0 Å². The minimum absolute atomic E-state index is 0.205. The molecule has 4 aromatic rings. The second-order valence-electron chi connectivity index (χ2n) is 7.02. The van der Waals surface area contributed by atoms with Crippen LogP contribution in [0.1, 0.15) is 35.0 Å². The summed E-state index contributed by atoms with van der Waals surface area (Å²) in [6.07, 6.45) is 4.87. The second kappa shape index (κ2) is 7.10. The number of rotatable bonds is 4. The molecule has 0 spiro atoms. The number of ketones is 1. The lowest BCUT2D eigenvalue weighted by atomic mass is 10.0. The van der Waals surface area contributed by atoms with E-state index >= 15 is 0 Å². The molecule has 1 fully saturated rings. The highest BCUT2D eigenvalue weighted by molar-refractivity contribution is 6.07. The van der Waals surface area contributed by atoms with E-state index in [2.05, 4.69) is 20.4 Å². The number of benzene rings is 1. The number of hydrogen-bond acceptors (Lipinski definition) is 8. The Morgan fingerprint density at radius 2 is 1.93 bits per heavy atom. The van der Waals surface area contributed by atoms with E-state index in [9.17, 15) is 4.79 Å². The molecule has 3 aromatic heterocycles. The highest BCUT2D eigenvalue weighted by atomic mass is 16.5. The molecule has 0 bridgehead atoms. The van der Waals surface area contributed by atoms with Gasteiger partial charge in [-0.1, -0.05) is 29.4 Å². The summed E-state index contributed by atoms with van der Waals surface area (Å²) in [5, 5.41) is 12.6. The van der Waals surface area contributed by atoms with Gasteiger partial charge >= 0.3 is 0 Å². The van der Waals surface area contributed by atoms with E-state index < -0.39 is 0 Å². The van der Waals surface area contributed by atoms with Crippen molar-refractivity contribution in [1.82, 2.24) is 30.2 Å². The molecule has 146 valence electrons. The van der Waals surface area contributed by atoms with Crippen molar-refractivity contribution in [2.75, 3.05) is 18.8 Å². The Hall–Kier alpha value is -3.59. The average molecular weight is 389 g/mol. The van der Waals surface area contributed by atoms with Crippen LogP contribution in [-0.4, -0.2) is 43.8 Å². The van der Waals surface area contributed by atoms with E-state index in [4.69, 9.17) is 15.4 Å². The van der Waals surface area contributed by atoms with E-state index in [1.165, 1.54) is 12.5 Å². The fraction of sp³-hybridized carbons (Fsp3) is 0.250. The molecular formula is C20H19N7O2. The monoisotopic (exact) mass is 389 g/mol. The molecule has 1 saturated heterocycles. The van der Waals surface area contributed by atoms with Crippen LogP contribution in [0.4, 0.5) is 5.82 Å². The van der Waals surface area contributed by atoms with Crippen molar-refractivity contribution in [2.24, 2.45) is 0 Å². The molecule has 0 amide bonds. The summed E-state index contributed by atoms with van der Waals surface area (Å²) < 4.78 is 6.92. The van der Waals surface area contributed by atoms with Crippen LogP contribution >= 0.6 is 0 Å². The molecule has 0 unspecified atom stereocenters. The maximum absolute atomic E-state index is 12.4. The van der Waals surface area contributed by atoms with Gasteiger partial charge in [-0.05, 0) is 25.9 Å². The lowest BCUT2D eigenvalue weighted by molar-refractivity contribution is 0.100. The van der Waals surface area contributed by atoms with Crippen LogP contribution in [0, 0.1) is 0 Å². The fourth-order valence-corrected chi connectivity index (χ4v) is 3.76. The Morgan fingerprint density at radius 3 is 2.66 bits per heavy atom. The highest BCUT2D eigenvalue weighted by Gasteiger charge is 2.23. The molecule has 29 heavy (non-hydrogen) atoms. The number of aromatic nitrogens is 5. The average Bonchev–Trinajstić information content (AvgIpc) is 3.43. The Labute approximate surface area is 165 Å². The summed E-state index contributed by atoms with van der Waals surface area (Å²) in [4.78, 5) is 21.1. The van der Waals surface area contributed by atoms with Crippen LogP contribution in [0.15, 0.2) is 47.4 Å². The molecule has 0 radical (unpaired) electrons. The molecule has 1 aliphatic rings.